The summed E-state index contributed by atoms with van der Waals surface area (Å²) in [5.41, 5.74) is 5.83. The van der Waals surface area contributed by atoms with E-state index in [1.54, 1.807) is 0 Å². The molecule has 0 heteroatoms. The molecule has 0 bridgehead atoms. The Morgan fingerprint density at radius 1 is 0.727 bits per heavy atom. The largest absolute Gasteiger partial charge is 0.106 e. The van der Waals surface area contributed by atoms with Crippen LogP contribution in [0.2, 0.25) is 0 Å². The van der Waals surface area contributed by atoms with Crippen molar-refractivity contribution in [3.63, 3.8) is 0 Å². The van der Waals surface area contributed by atoms with Crippen molar-refractivity contribution in [3.8, 4) is 0 Å². The minimum absolute atomic E-state index is 0.187. The summed E-state index contributed by atoms with van der Waals surface area (Å²) in [6.45, 7) is 18.1. The summed E-state index contributed by atoms with van der Waals surface area (Å²) >= 11 is 0. The van der Waals surface area contributed by atoms with Crippen LogP contribution in [0.25, 0.3) is 0 Å². The predicted octanol–water partition coefficient (Wildman–Crippen LogP) is 6.56. The topological polar surface area (TPSA) is 0 Å². The number of allylic oxidation sites excluding steroid dienone is 10. The third-order valence-electron chi connectivity index (χ3n) is 5.94. The summed E-state index contributed by atoms with van der Waals surface area (Å²) in [5.74, 6) is 2.86. The lowest BCUT2D eigenvalue weighted by molar-refractivity contribution is 0.483. The Balaban J connectivity index is 2.21. The van der Waals surface area contributed by atoms with Crippen LogP contribution in [-0.2, 0) is 0 Å². The van der Waals surface area contributed by atoms with Crippen LogP contribution in [0.1, 0.15) is 55.4 Å². The second kappa shape index (κ2) is 5.57. The zero-order valence-electron chi connectivity index (χ0n) is 15.5. The highest BCUT2D eigenvalue weighted by Gasteiger charge is 2.38. The van der Waals surface area contributed by atoms with Crippen molar-refractivity contribution in [2.45, 2.75) is 55.4 Å². The van der Waals surface area contributed by atoms with Gasteiger partial charge in [0.2, 0.25) is 0 Å². The first-order chi connectivity index (χ1) is 10.0. The van der Waals surface area contributed by atoms with Gasteiger partial charge in [-0.3, -0.25) is 0 Å². The Bertz CT molecular complexity index is 546. The van der Waals surface area contributed by atoms with Crippen molar-refractivity contribution in [2.24, 2.45) is 10.8 Å². The highest BCUT2D eigenvalue weighted by atomic mass is 14.3. The summed E-state index contributed by atoms with van der Waals surface area (Å²) in [7, 11) is 0. The first kappa shape index (κ1) is 16.8. The van der Waals surface area contributed by atoms with Crippen molar-refractivity contribution in [1.82, 2.24) is 0 Å². The lowest BCUT2D eigenvalue weighted by Gasteiger charge is -2.27. The van der Waals surface area contributed by atoms with Crippen molar-refractivity contribution in [3.05, 3.63) is 70.6 Å². The molecule has 116 valence electrons. The molecule has 2 rings (SSSR count). The first-order valence-corrected chi connectivity index (χ1v) is 8.22. The Morgan fingerprint density at radius 3 is 1.32 bits per heavy atom. The maximum absolute atomic E-state index is 2.31. The molecule has 0 heterocycles. The van der Waals surface area contributed by atoms with Crippen molar-refractivity contribution < 1.29 is 0 Å². The molecule has 0 spiro atoms. The van der Waals surface area contributed by atoms with E-state index < -0.39 is 0 Å². The van der Waals surface area contributed by atoms with E-state index in [0.29, 0.717) is 0 Å². The molecule has 0 saturated heterocycles. The van der Waals surface area contributed by atoms with Gasteiger partial charge < -0.3 is 0 Å². The standard InChI is InChI=1S/C22H30/c1-15-11-19(12-16(2)21(15,5)6)9-10-20-13-17(3)22(7,8)18(4)14-20/h9-14H,1-8H3/q+2. The smallest absolute Gasteiger partial charge is 0.0391 e. The van der Waals surface area contributed by atoms with Crippen molar-refractivity contribution >= 4 is 0 Å². The highest BCUT2D eigenvalue weighted by molar-refractivity contribution is 5.51. The Kier molecular flexibility index (Phi) is 4.26. The molecule has 0 saturated carbocycles. The normalized spacial score (nSPS) is 24.0. The van der Waals surface area contributed by atoms with E-state index in [1.165, 1.54) is 34.1 Å². The van der Waals surface area contributed by atoms with Gasteiger partial charge in [0.1, 0.15) is 23.3 Å². The van der Waals surface area contributed by atoms with Crippen LogP contribution >= 0.6 is 0 Å². The molecule has 0 N–H and O–H groups in total. The number of hydrogen-bond donors (Lipinski definition) is 0. The van der Waals surface area contributed by atoms with E-state index in [2.05, 4.69) is 91.8 Å². The van der Waals surface area contributed by atoms with E-state index in [4.69, 9.17) is 0 Å². The van der Waals surface area contributed by atoms with Crippen LogP contribution in [-0.4, -0.2) is 0 Å². The molecule has 2 aliphatic rings. The second-order valence-corrected chi connectivity index (χ2v) is 7.89. The average molecular weight is 294 g/mol. The molecule has 0 amide bonds. The molecule has 0 fully saturated rings. The summed E-state index contributed by atoms with van der Waals surface area (Å²) in [6, 6.07) is 0. The van der Waals surface area contributed by atoms with Gasteiger partial charge in [-0.1, -0.05) is 0 Å². The lowest BCUT2D eigenvalue weighted by atomic mass is 9.70. The summed E-state index contributed by atoms with van der Waals surface area (Å²) in [4.78, 5) is 0. The van der Waals surface area contributed by atoms with Gasteiger partial charge in [-0.25, -0.2) is 0 Å². The SMILES string of the molecule is CC1=CC(C=CC2=C[C+](C)C(C)(C)C(C)=C2)=C[C+](C)C1(C)C. The summed E-state index contributed by atoms with van der Waals surface area (Å²) < 4.78 is 0. The fourth-order valence-electron chi connectivity index (χ4n) is 2.81. The average Bonchev–Trinajstić information content (AvgIpc) is 2.40. The van der Waals surface area contributed by atoms with Crippen LogP contribution in [0.5, 0.6) is 0 Å². The first-order valence-electron chi connectivity index (χ1n) is 8.22. The van der Waals surface area contributed by atoms with E-state index in [1.807, 2.05) is 0 Å². The maximum Gasteiger partial charge on any atom is 0.106 e. The Hall–Kier alpha value is -1.56. The third-order valence-corrected chi connectivity index (χ3v) is 5.94. The monoisotopic (exact) mass is 294 g/mol. The lowest BCUT2D eigenvalue weighted by Crippen LogP contribution is -2.23. The summed E-state index contributed by atoms with van der Waals surface area (Å²) in [5, 5.41) is 0. The zero-order chi connectivity index (χ0) is 16.7. The van der Waals surface area contributed by atoms with Crippen LogP contribution in [0.15, 0.2) is 58.7 Å². The minimum atomic E-state index is 0.187. The molecule has 0 aliphatic heterocycles. The van der Waals surface area contributed by atoms with Gasteiger partial charge in [-0.2, -0.15) is 0 Å². The second-order valence-electron chi connectivity index (χ2n) is 7.89. The van der Waals surface area contributed by atoms with Crippen LogP contribution in [0.4, 0.5) is 0 Å². The maximum atomic E-state index is 2.31. The van der Waals surface area contributed by atoms with Crippen LogP contribution < -0.4 is 0 Å². The van der Waals surface area contributed by atoms with Gasteiger partial charge in [-0.15, -0.1) is 0 Å². The van der Waals surface area contributed by atoms with Gasteiger partial charge in [0.05, 0.1) is 22.7 Å². The quantitative estimate of drug-likeness (QED) is 0.506. The molecule has 0 aromatic carbocycles. The van der Waals surface area contributed by atoms with Gasteiger partial charge in [-0.05, 0) is 52.7 Å². The fourth-order valence-corrected chi connectivity index (χ4v) is 2.81. The van der Waals surface area contributed by atoms with E-state index >= 15 is 0 Å². The van der Waals surface area contributed by atoms with Crippen LogP contribution in [0, 0.1) is 22.7 Å². The molecule has 0 nitrogen and oxygen atoms in total. The molecule has 0 aromatic rings. The molecule has 2 aliphatic carbocycles. The van der Waals surface area contributed by atoms with Gasteiger partial charge >= 0.3 is 0 Å². The van der Waals surface area contributed by atoms with E-state index in [9.17, 15) is 0 Å². The minimum Gasteiger partial charge on any atom is -0.0391 e. The molecular formula is C22H30+2. The fraction of sp³-hybridized carbons (Fsp3) is 0.455. The molecule has 0 radical (unpaired) electrons. The molecule has 0 unspecified atom stereocenters. The molecule has 22 heavy (non-hydrogen) atoms. The summed E-state index contributed by atoms with van der Waals surface area (Å²) in [6.07, 6.45) is 13.7. The predicted molar refractivity (Wildman–Crippen MR) is 98.2 cm³/mol. The van der Waals surface area contributed by atoms with Gasteiger partial charge in [0.25, 0.3) is 0 Å². The Morgan fingerprint density at radius 2 is 1.05 bits per heavy atom. The Labute approximate surface area is 137 Å². The van der Waals surface area contributed by atoms with E-state index in [-0.39, 0.29) is 10.8 Å². The van der Waals surface area contributed by atoms with Gasteiger partial charge in [0.15, 0.2) is 0 Å². The van der Waals surface area contributed by atoms with Crippen molar-refractivity contribution in [1.29, 1.82) is 0 Å². The molecule has 0 aromatic heterocycles. The molecular weight excluding hydrogens is 264 g/mol. The molecule has 0 atom stereocenters. The zero-order valence-corrected chi connectivity index (χ0v) is 15.5. The number of rotatable bonds is 2. The highest BCUT2D eigenvalue weighted by Crippen LogP contribution is 2.43. The van der Waals surface area contributed by atoms with E-state index in [0.717, 1.165) is 0 Å². The van der Waals surface area contributed by atoms with Crippen molar-refractivity contribution in [2.75, 3.05) is 0 Å². The third kappa shape index (κ3) is 2.97. The van der Waals surface area contributed by atoms with Gasteiger partial charge in [0, 0.05) is 38.2 Å². The van der Waals surface area contributed by atoms with Crippen LogP contribution in [0.3, 0.4) is 0 Å². The number of hydrogen-bond acceptors (Lipinski definition) is 0.